The predicted octanol–water partition coefficient (Wildman–Crippen LogP) is 2.69. The summed E-state index contributed by atoms with van der Waals surface area (Å²) in [7, 11) is 0. The molecule has 35 heavy (non-hydrogen) atoms. The summed E-state index contributed by atoms with van der Waals surface area (Å²) < 4.78 is 49.9. The summed E-state index contributed by atoms with van der Waals surface area (Å²) >= 11 is 1.10. The molecule has 3 N–H and O–H groups in total. The summed E-state index contributed by atoms with van der Waals surface area (Å²) in [6.45, 7) is 1.85. The first kappa shape index (κ1) is 24.9. The van der Waals surface area contributed by atoms with E-state index in [1.54, 1.807) is 0 Å². The van der Waals surface area contributed by atoms with Crippen molar-refractivity contribution in [1.82, 2.24) is 15.2 Å². The molecular formula is C23H23F3N4O4S. The van der Waals surface area contributed by atoms with Crippen molar-refractivity contribution in [3.8, 4) is 10.6 Å². The zero-order valence-corrected chi connectivity index (χ0v) is 19.3. The average molecular weight is 509 g/mol. The van der Waals surface area contributed by atoms with Gasteiger partial charge >= 0.3 is 6.36 Å². The van der Waals surface area contributed by atoms with Crippen molar-refractivity contribution in [2.24, 2.45) is 5.73 Å². The number of hydrogen-bond acceptors (Lipinski definition) is 7. The van der Waals surface area contributed by atoms with E-state index in [1.165, 1.54) is 12.3 Å². The Bertz CT molecular complexity index is 1140. The summed E-state index contributed by atoms with van der Waals surface area (Å²) in [6, 6.07) is 9.07. The smallest absolute Gasteiger partial charge is 0.407 e. The van der Waals surface area contributed by atoms with E-state index in [-0.39, 0.29) is 23.4 Å². The minimum absolute atomic E-state index is 0.0425. The van der Waals surface area contributed by atoms with Gasteiger partial charge in [-0.2, -0.15) is 0 Å². The number of allylic oxidation sites excluding steroid dienone is 2. The molecule has 2 heterocycles. The zero-order chi connectivity index (χ0) is 25.1. The Morgan fingerprint density at radius 2 is 1.91 bits per heavy atom. The number of nitrogens with two attached hydrogens (primary N) is 1. The fourth-order valence-corrected chi connectivity index (χ4v) is 5.04. The number of aromatic nitrogens is 1. The molecular weight excluding hydrogens is 485 g/mol. The van der Waals surface area contributed by atoms with Gasteiger partial charge in [-0.1, -0.05) is 36.4 Å². The molecule has 1 atom stereocenters. The summed E-state index contributed by atoms with van der Waals surface area (Å²) in [5, 5.41) is 3.26. The number of alkyl halides is 3. The third-order valence-electron chi connectivity index (χ3n) is 5.63. The monoisotopic (exact) mass is 508 g/mol. The van der Waals surface area contributed by atoms with Crippen molar-refractivity contribution in [3.63, 3.8) is 0 Å². The topological polar surface area (TPSA) is 107 Å². The first-order chi connectivity index (χ1) is 16.7. The molecule has 12 heteroatoms. The van der Waals surface area contributed by atoms with Gasteiger partial charge in [0.2, 0.25) is 11.8 Å². The lowest BCUT2D eigenvalue weighted by Gasteiger charge is -2.38. The minimum Gasteiger partial charge on any atom is -0.407 e. The van der Waals surface area contributed by atoms with Gasteiger partial charge < -0.3 is 20.5 Å². The van der Waals surface area contributed by atoms with E-state index in [2.05, 4.69) is 15.0 Å². The van der Waals surface area contributed by atoms with Crippen molar-refractivity contribution in [2.45, 2.75) is 18.3 Å². The van der Waals surface area contributed by atoms with Gasteiger partial charge in [0.1, 0.15) is 16.3 Å². The second-order valence-corrected chi connectivity index (χ2v) is 9.08. The van der Waals surface area contributed by atoms with Crippen molar-refractivity contribution in [1.29, 1.82) is 0 Å². The zero-order valence-electron chi connectivity index (χ0n) is 18.5. The van der Waals surface area contributed by atoms with Crippen LogP contribution in [0.25, 0.3) is 10.6 Å². The van der Waals surface area contributed by atoms with Crippen molar-refractivity contribution in [3.05, 3.63) is 64.9 Å². The molecule has 1 aromatic heterocycles. The first-order valence-electron chi connectivity index (χ1n) is 10.8. The molecule has 2 aromatic rings. The van der Waals surface area contributed by atoms with Gasteiger partial charge in [-0.15, -0.1) is 24.5 Å². The van der Waals surface area contributed by atoms with E-state index in [1.807, 2.05) is 35.2 Å². The van der Waals surface area contributed by atoms with Crippen LogP contribution in [0.5, 0.6) is 0 Å². The highest BCUT2D eigenvalue weighted by atomic mass is 32.1. The Balaban J connectivity index is 1.75. The number of benzene rings is 1. The highest BCUT2D eigenvalue weighted by molar-refractivity contribution is 7.15. The number of rotatable bonds is 7. The number of halogens is 3. The molecule has 8 nitrogen and oxygen atoms in total. The van der Waals surface area contributed by atoms with E-state index < -0.39 is 29.5 Å². The summed E-state index contributed by atoms with van der Waals surface area (Å²) in [4.78, 5) is 31.6. The lowest BCUT2D eigenvalue weighted by molar-refractivity contribution is -0.310. The standard InChI is InChI=1S/C23H23F3N4O4S/c24-23(25,26)34-17-7-6-16(20(27)32)12-22(17,29-19(31)14-30-8-10-33-11-9-30)18-13-28-21(35-18)15-4-2-1-3-5-15/h1-7,13H,8-12,14H2,(H2,27,32)(H,29,31). The van der Waals surface area contributed by atoms with Crippen LogP contribution in [0.1, 0.15) is 11.3 Å². The Morgan fingerprint density at radius 3 is 2.57 bits per heavy atom. The van der Waals surface area contributed by atoms with Crippen LogP contribution in [0.15, 0.2) is 60.0 Å². The number of primary amides is 1. The van der Waals surface area contributed by atoms with Crippen LogP contribution in [0, 0.1) is 0 Å². The van der Waals surface area contributed by atoms with E-state index in [0.717, 1.165) is 23.0 Å². The van der Waals surface area contributed by atoms with E-state index in [9.17, 15) is 22.8 Å². The number of amides is 2. The van der Waals surface area contributed by atoms with Crippen molar-refractivity contribution < 1.29 is 32.2 Å². The molecule has 1 saturated heterocycles. The molecule has 2 amide bonds. The summed E-state index contributed by atoms with van der Waals surface area (Å²) in [5.74, 6) is -1.93. The highest BCUT2D eigenvalue weighted by Crippen LogP contribution is 2.45. The van der Waals surface area contributed by atoms with Gasteiger partial charge in [-0.05, 0) is 6.08 Å². The second kappa shape index (κ2) is 10.2. The number of thiazole rings is 1. The largest absolute Gasteiger partial charge is 0.572 e. The fourth-order valence-electron chi connectivity index (χ4n) is 3.97. The first-order valence-corrected chi connectivity index (χ1v) is 11.6. The Hall–Kier alpha value is -3.22. The molecule has 1 aromatic carbocycles. The number of nitrogens with one attached hydrogen (secondary N) is 1. The third kappa shape index (κ3) is 5.89. The second-order valence-electron chi connectivity index (χ2n) is 8.05. The van der Waals surface area contributed by atoms with Crippen LogP contribution in [0.2, 0.25) is 0 Å². The van der Waals surface area contributed by atoms with Crippen LogP contribution in [0.3, 0.4) is 0 Å². The average Bonchev–Trinajstić information content (AvgIpc) is 3.31. The number of hydrogen-bond donors (Lipinski definition) is 2. The summed E-state index contributed by atoms with van der Waals surface area (Å²) in [6.07, 6.45) is -1.77. The van der Waals surface area contributed by atoms with Crippen LogP contribution >= 0.6 is 11.3 Å². The number of nitrogens with zero attached hydrogens (tertiary/aromatic N) is 2. The lowest BCUT2D eigenvalue weighted by Crippen LogP contribution is -2.53. The number of carbonyl (C=O) groups is 2. The number of carbonyl (C=O) groups excluding carboxylic acids is 2. The number of morpholine rings is 1. The van der Waals surface area contributed by atoms with E-state index >= 15 is 0 Å². The van der Waals surface area contributed by atoms with Crippen LogP contribution in [-0.4, -0.2) is 60.9 Å². The molecule has 0 radical (unpaired) electrons. The normalized spacial score (nSPS) is 21.1. The molecule has 1 fully saturated rings. The quantitative estimate of drug-likeness (QED) is 0.596. The number of ether oxygens (including phenoxy) is 2. The molecule has 1 aliphatic carbocycles. The van der Waals surface area contributed by atoms with Crippen molar-refractivity contribution >= 4 is 23.2 Å². The van der Waals surface area contributed by atoms with Crippen LogP contribution < -0.4 is 11.1 Å². The van der Waals surface area contributed by atoms with Crippen LogP contribution in [0.4, 0.5) is 13.2 Å². The van der Waals surface area contributed by atoms with Gasteiger partial charge in [-0.3, -0.25) is 14.5 Å². The maximum absolute atomic E-state index is 13.4. The minimum atomic E-state index is -5.03. The molecule has 1 aliphatic heterocycles. The maximum Gasteiger partial charge on any atom is 0.572 e. The molecule has 1 unspecified atom stereocenters. The molecule has 0 bridgehead atoms. The Morgan fingerprint density at radius 1 is 1.20 bits per heavy atom. The van der Waals surface area contributed by atoms with Crippen molar-refractivity contribution in [2.75, 3.05) is 32.8 Å². The van der Waals surface area contributed by atoms with Gasteiger partial charge in [0.25, 0.3) is 0 Å². The van der Waals surface area contributed by atoms with Gasteiger partial charge in [-0.25, -0.2) is 4.98 Å². The highest BCUT2D eigenvalue weighted by Gasteiger charge is 2.48. The molecule has 2 aliphatic rings. The molecule has 4 rings (SSSR count). The molecule has 186 valence electrons. The fraction of sp³-hybridized carbons (Fsp3) is 0.348. The van der Waals surface area contributed by atoms with Crippen LogP contribution in [-0.2, 0) is 24.6 Å². The molecule has 0 saturated carbocycles. The maximum atomic E-state index is 13.4. The SMILES string of the molecule is NC(=O)C1=CC=C(OC(F)(F)F)C(NC(=O)CN2CCOCC2)(c2cnc(-c3ccccc3)s2)C1. The summed E-state index contributed by atoms with van der Waals surface area (Å²) in [5.41, 5.74) is 4.43. The molecule has 0 spiro atoms. The Labute approximate surface area is 203 Å². The predicted molar refractivity (Wildman–Crippen MR) is 122 cm³/mol. The van der Waals surface area contributed by atoms with E-state index in [0.29, 0.717) is 31.3 Å². The third-order valence-corrected chi connectivity index (χ3v) is 6.83. The van der Waals surface area contributed by atoms with Gasteiger partial charge in [0.05, 0.1) is 24.6 Å². The Kier molecular flexibility index (Phi) is 7.24. The van der Waals surface area contributed by atoms with E-state index in [4.69, 9.17) is 10.5 Å². The van der Waals surface area contributed by atoms with Gasteiger partial charge in [0, 0.05) is 36.8 Å². The van der Waals surface area contributed by atoms with Gasteiger partial charge in [0.15, 0.2) is 0 Å². The lowest BCUT2D eigenvalue weighted by atomic mass is 9.83.